The molecule has 144 valence electrons. The summed E-state index contributed by atoms with van der Waals surface area (Å²) in [5.41, 5.74) is 1.33. The number of pyridine rings is 1. The number of hydrogen-bond donors (Lipinski definition) is 0. The number of piperidine rings is 1. The summed E-state index contributed by atoms with van der Waals surface area (Å²) in [6.45, 7) is 2.37. The lowest BCUT2D eigenvalue weighted by molar-refractivity contribution is 0.349. The highest BCUT2D eigenvalue weighted by atomic mass is 16.1. The largest absolute Gasteiger partial charge is 0.355 e. The third kappa shape index (κ3) is 3.85. The van der Waals surface area contributed by atoms with Crippen molar-refractivity contribution in [3.8, 4) is 11.3 Å². The fourth-order valence-corrected chi connectivity index (χ4v) is 3.52. The molecule has 0 aromatic carbocycles. The molecule has 3 aromatic heterocycles. The van der Waals surface area contributed by atoms with E-state index in [1.807, 2.05) is 12.1 Å². The summed E-state index contributed by atoms with van der Waals surface area (Å²) in [5.74, 6) is 1.23. The van der Waals surface area contributed by atoms with Gasteiger partial charge in [0.05, 0.1) is 12.0 Å². The molecule has 28 heavy (non-hydrogen) atoms. The minimum Gasteiger partial charge on any atom is -0.355 e. The number of anilines is 1. The van der Waals surface area contributed by atoms with Gasteiger partial charge in [0.1, 0.15) is 5.82 Å². The summed E-state index contributed by atoms with van der Waals surface area (Å²) in [7, 11) is 1.66. The summed E-state index contributed by atoms with van der Waals surface area (Å²) in [6.07, 6.45) is 6.95. The average Bonchev–Trinajstić information content (AvgIpc) is 2.73. The van der Waals surface area contributed by atoms with E-state index in [1.54, 1.807) is 48.5 Å². The van der Waals surface area contributed by atoms with Gasteiger partial charge < -0.3 is 4.90 Å². The Labute approximate surface area is 162 Å². The van der Waals surface area contributed by atoms with E-state index in [1.165, 1.54) is 4.68 Å². The summed E-state index contributed by atoms with van der Waals surface area (Å²) < 4.78 is 3.04. The van der Waals surface area contributed by atoms with Crippen molar-refractivity contribution in [2.24, 2.45) is 13.0 Å². The topological polar surface area (TPSA) is 85.9 Å². The second kappa shape index (κ2) is 7.75. The molecule has 0 spiro atoms. The van der Waals surface area contributed by atoms with Crippen LogP contribution in [0.4, 0.5) is 5.82 Å². The van der Waals surface area contributed by atoms with E-state index in [9.17, 15) is 9.59 Å². The van der Waals surface area contributed by atoms with Crippen LogP contribution in [0.15, 0.2) is 58.6 Å². The first kappa shape index (κ1) is 18.1. The minimum absolute atomic E-state index is 0.0454. The number of aromatic nitrogens is 5. The van der Waals surface area contributed by atoms with Crippen molar-refractivity contribution < 1.29 is 0 Å². The van der Waals surface area contributed by atoms with Gasteiger partial charge in [0.25, 0.3) is 11.1 Å². The van der Waals surface area contributed by atoms with Gasteiger partial charge >= 0.3 is 0 Å². The predicted molar refractivity (Wildman–Crippen MR) is 106 cm³/mol. The molecule has 4 rings (SSSR count). The standard InChI is InChI=1S/C20H22N6O2/c1-24-19(27)5-4-18(23-24)25-9-6-15(7-10-25)13-26-14-22-17(11-20(26)28)16-3-2-8-21-12-16/h2-5,8,11-12,14-15H,6-7,9-10,13H2,1H3. The van der Waals surface area contributed by atoms with Crippen molar-refractivity contribution in [3.63, 3.8) is 0 Å². The molecule has 0 N–H and O–H groups in total. The molecule has 0 atom stereocenters. The molecule has 0 bridgehead atoms. The monoisotopic (exact) mass is 378 g/mol. The van der Waals surface area contributed by atoms with E-state index in [0.29, 0.717) is 18.2 Å². The van der Waals surface area contributed by atoms with Gasteiger partial charge in [-0.25, -0.2) is 9.67 Å². The summed E-state index contributed by atoms with van der Waals surface area (Å²) >= 11 is 0. The van der Waals surface area contributed by atoms with E-state index in [4.69, 9.17) is 0 Å². The van der Waals surface area contributed by atoms with Gasteiger partial charge in [-0.1, -0.05) is 0 Å². The molecule has 1 aliphatic heterocycles. The maximum absolute atomic E-state index is 12.5. The zero-order chi connectivity index (χ0) is 19.5. The predicted octanol–water partition coefficient (Wildman–Crippen LogP) is 1.32. The van der Waals surface area contributed by atoms with E-state index in [2.05, 4.69) is 20.0 Å². The van der Waals surface area contributed by atoms with E-state index in [-0.39, 0.29) is 11.1 Å². The van der Waals surface area contributed by atoms with Crippen LogP contribution in [0.5, 0.6) is 0 Å². The highest BCUT2D eigenvalue weighted by Gasteiger charge is 2.21. The smallest absolute Gasteiger partial charge is 0.266 e. The first-order valence-electron chi connectivity index (χ1n) is 9.36. The second-order valence-corrected chi connectivity index (χ2v) is 7.09. The molecule has 0 unspecified atom stereocenters. The molecule has 8 heteroatoms. The maximum Gasteiger partial charge on any atom is 0.266 e. The Balaban J connectivity index is 1.40. The van der Waals surface area contributed by atoms with Crippen LogP contribution in [0.1, 0.15) is 12.8 Å². The lowest BCUT2D eigenvalue weighted by Gasteiger charge is -2.32. The van der Waals surface area contributed by atoms with Crippen LogP contribution in [-0.2, 0) is 13.6 Å². The van der Waals surface area contributed by atoms with Crippen LogP contribution in [0.25, 0.3) is 11.3 Å². The van der Waals surface area contributed by atoms with Crippen molar-refractivity contribution in [2.45, 2.75) is 19.4 Å². The van der Waals surface area contributed by atoms with Crippen LogP contribution in [0, 0.1) is 5.92 Å². The maximum atomic E-state index is 12.5. The fraction of sp³-hybridized carbons (Fsp3) is 0.350. The third-order valence-corrected chi connectivity index (χ3v) is 5.18. The SMILES string of the molecule is Cn1nc(N2CCC(Cn3cnc(-c4cccnc4)cc3=O)CC2)ccc1=O. The number of nitrogens with zero attached hydrogens (tertiary/aromatic N) is 6. The summed E-state index contributed by atoms with van der Waals surface area (Å²) in [6, 6.07) is 8.61. The Bertz CT molecular complexity index is 1070. The molecule has 1 saturated heterocycles. The van der Waals surface area contributed by atoms with Crippen LogP contribution < -0.4 is 16.0 Å². The molecule has 3 aromatic rings. The molecule has 0 radical (unpaired) electrons. The molecule has 0 amide bonds. The van der Waals surface area contributed by atoms with Crippen molar-refractivity contribution in [2.75, 3.05) is 18.0 Å². The molecular formula is C20H22N6O2. The van der Waals surface area contributed by atoms with Gasteiger partial charge in [-0.15, -0.1) is 0 Å². The fourth-order valence-electron chi connectivity index (χ4n) is 3.52. The van der Waals surface area contributed by atoms with Gasteiger partial charge in [0.2, 0.25) is 0 Å². The Morgan fingerprint density at radius 3 is 2.61 bits per heavy atom. The van der Waals surface area contributed by atoms with Gasteiger partial charge in [0.15, 0.2) is 0 Å². The zero-order valence-corrected chi connectivity index (χ0v) is 15.7. The lowest BCUT2D eigenvalue weighted by Crippen LogP contribution is -2.37. The van der Waals surface area contributed by atoms with Gasteiger partial charge in [-0.3, -0.25) is 19.1 Å². The van der Waals surface area contributed by atoms with Crippen molar-refractivity contribution in [3.05, 3.63) is 69.8 Å². The Morgan fingerprint density at radius 1 is 1.11 bits per heavy atom. The quantitative estimate of drug-likeness (QED) is 0.681. The Kier molecular flexibility index (Phi) is 5.01. The van der Waals surface area contributed by atoms with Crippen molar-refractivity contribution in [1.29, 1.82) is 0 Å². The van der Waals surface area contributed by atoms with E-state index < -0.39 is 0 Å². The number of hydrogen-bond acceptors (Lipinski definition) is 6. The van der Waals surface area contributed by atoms with Crippen molar-refractivity contribution >= 4 is 5.82 Å². The summed E-state index contributed by atoms with van der Waals surface area (Å²) in [4.78, 5) is 34.7. The highest BCUT2D eigenvalue weighted by Crippen LogP contribution is 2.22. The molecule has 1 fully saturated rings. The Hall–Kier alpha value is -3.29. The zero-order valence-electron chi connectivity index (χ0n) is 15.7. The highest BCUT2D eigenvalue weighted by molar-refractivity contribution is 5.56. The van der Waals surface area contributed by atoms with Gasteiger partial charge in [-0.05, 0) is 37.0 Å². The van der Waals surface area contributed by atoms with Crippen LogP contribution in [-0.4, -0.2) is 37.4 Å². The molecule has 4 heterocycles. The Morgan fingerprint density at radius 2 is 1.93 bits per heavy atom. The molecule has 8 nitrogen and oxygen atoms in total. The minimum atomic E-state index is -0.111. The normalized spacial score (nSPS) is 15.0. The van der Waals surface area contributed by atoms with Gasteiger partial charge in [-0.2, -0.15) is 5.10 Å². The second-order valence-electron chi connectivity index (χ2n) is 7.09. The third-order valence-electron chi connectivity index (χ3n) is 5.18. The van der Waals surface area contributed by atoms with E-state index >= 15 is 0 Å². The first-order chi connectivity index (χ1) is 13.6. The molecule has 0 aliphatic carbocycles. The summed E-state index contributed by atoms with van der Waals surface area (Å²) in [5, 5.41) is 4.32. The molecule has 0 saturated carbocycles. The number of rotatable bonds is 4. The van der Waals surface area contributed by atoms with E-state index in [0.717, 1.165) is 37.3 Å². The average molecular weight is 378 g/mol. The first-order valence-corrected chi connectivity index (χ1v) is 9.36. The molecular weight excluding hydrogens is 356 g/mol. The lowest BCUT2D eigenvalue weighted by atomic mass is 9.96. The van der Waals surface area contributed by atoms with Crippen LogP contribution in [0.3, 0.4) is 0 Å². The van der Waals surface area contributed by atoms with Crippen LogP contribution in [0.2, 0.25) is 0 Å². The van der Waals surface area contributed by atoms with Crippen molar-refractivity contribution in [1.82, 2.24) is 24.3 Å². The van der Waals surface area contributed by atoms with Gasteiger partial charge in [0, 0.05) is 56.8 Å². The number of aryl methyl sites for hydroxylation is 1. The van der Waals surface area contributed by atoms with Crippen LogP contribution >= 0.6 is 0 Å². The molecule has 1 aliphatic rings.